The molecule has 2 aromatic rings. The maximum absolute atomic E-state index is 5.70. The fourth-order valence-electron chi connectivity index (χ4n) is 1.57. The fraction of sp³-hybridized carbons (Fsp3) is 0.417. The summed E-state index contributed by atoms with van der Waals surface area (Å²) in [5.74, 6) is 0. The Morgan fingerprint density at radius 3 is 2.81 bits per heavy atom. The molecule has 0 unspecified atom stereocenters. The smallest absolute Gasteiger partial charge is 0.257 e. The molecule has 0 atom stereocenters. The number of nitrogens with two attached hydrogens (primary N) is 1. The average molecular weight is 236 g/mol. The van der Waals surface area contributed by atoms with Crippen LogP contribution in [-0.4, -0.2) is 10.2 Å². The third-order valence-electron chi connectivity index (χ3n) is 2.57. The highest BCUT2D eigenvalue weighted by Crippen LogP contribution is 2.30. The highest BCUT2D eigenvalue weighted by molar-refractivity contribution is 7.99. The van der Waals surface area contributed by atoms with E-state index in [0.29, 0.717) is 5.25 Å². The molecule has 0 radical (unpaired) electrons. The van der Waals surface area contributed by atoms with Crippen LogP contribution in [0.4, 0.5) is 5.69 Å². The zero-order chi connectivity index (χ0) is 11.5. The van der Waals surface area contributed by atoms with Gasteiger partial charge in [-0.25, -0.2) is 4.98 Å². The van der Waals surface area contributed by atoms with Crippen molar-refractivity contribution in [3.63, 3.8) is 0 Å². The Hall–Kier alpha value is -1.16. The molecule has 1 aromatic heterocycles. The Balaban J connectivity index is 2.25. The Kier molecular flexibility index (Phi) is 3.39. The summed E-state index contributed by atoms with van der Waals surface area (Å²) in [6, 6.07) is 5.55. The van der Waals surface area contributed by atoms with E-state index in [1.54, 1.807) is 11.8 Å². The molecule has 2 N–H and O–H groups in total. The highest BCUT2D eigenvalue weighted by atomic mass is 32.2. The number of oxazole rings is 1. The van der Waals surface area contributed by atoms with E-state index in [-0.39, 0.29) is 0 Å². The molecule has 0 saturated carbocycles. The molecule has 86 valence electrons. The average Bonchev–Trinajstić information content (AvgIpc) is 2.67. The molecule has 0 aliphatic carbocycles. The van der Waals surface area contributed by atoms with E-state index in [2.05, 4.69) is 18.8 Å². The van der Waals surface area contributed by atoms with Crippen LogP contribution in [-0.2, 0) is 0 Å². The summed E-state index contributed by atoms with van der Waals surface area (Å²) >= 11 is 1.70. The molecule has 0 aliphatic rings. The number of hydrogen-bond acceptors (Lipinski definition) is 4. The minimum Gasteiger partial charge on any atom is -0.431 e. The highest BCUT2D eigenvalue weighted by Gasteiger charge is 2.11. The van der Waals surface area contributed by atoms with Crippen molar-refractivity contribution >= 4 is 28.5 Å². The molecule has 0 aliphatic heterocycles. The van der Waals surface area contributed by atoms with Gasteiger partial charge in [0.15, 0.2) is 5.58 Å². The van der Waals surface area contributed by atoms with Gasteiger partial charge in [0, 0.05) is 10.9 Å². The van der Waals surface area contributed by atoms with E-state index in [0.717, 1.165) is 34.9 Å². The molecule has 4 heteroatoms. The van der Waals surface area contributed by atoms with Gasteiger partial charge in [0.1, 0.15) is 5.52 Å². The van der Waals surface area contributed by atoms with Crippen molar-refractivity contribution in [1.82, 2.24) is 4.98 Å². The molecule has 0 spiro atoms. The second-order valence-electron chi connectivity index (χ2n) is 3.76. The second kappa shape index (κ2) is 4.78. The van der Waals surface area contributed by atoms with Crippen molar-refractivity contribution in [2.45, 2.75) is 37.2 Å². The number of benzene rings is 1. The van der Waals surface area contributed by atoms with Gasteiger partial charge in [0.25, 0.3) is 5.22 Å². The molecule has 0 saturated heterocycles. The minimum atomic E-state index is 0.574. The quantitative estimate of drug-likeness (QED) is 0.649. The third-order valence-corrected chi connectivity index (χ3v) is 3.95. The van der Waals surface area contributed by atoms with Crippen LogP contribution >= 0.6 is 11.8 Å². The predicted octanol–water partition coefficient (Wildman–Crippen LogP) is 3.69. The molecule has 16 heavy (non-hydrogen) atoms. The Bertz CT molecular complexity index is 477. The van der Waals surface area contributed by atoms with Gasteiger partial charge < -0.3 is 10.2 Å². The number of nitrogen functional groups attached to an aromatic ring is 1. The Labute approximate surface area is 99.4 Å². The molecule has 0 fully saturated rings. The maximum Gasteiger partial charge on any atom is 0.257 e. The van der Waals surface area contributed by atoms with Crippen molar-refractivity contribution in [2.75, 3.05) is 5.73 Å². The second-order valence-corrected chi connectivity index (χ2v) is 5.01. The van der Waals surface area contributed by atoms with Gasteiger partial charge in [0.2, 0.25) is 0 Å². The van der Waals surface area contributed by atoms with Crippen LogP contribution in [0, 0.1) is 0 Å². The van der Waals surface area contributed by atoms with Crippen LogP contribution in [0.5, 0.6) is 0 Å². The molecule has 1 heterocycles. The van der Waals surface area contributed by atoms with Crippen LogP contribution in [0.15, 0.2) is 27.8 Å². The maximum atomic E-state index is 5.70. The first kappa shape index (κ1) is 11.3. The summed E-state index contributed by atoms with van der Waals surface area (Å²) in [7, 11) is 0. The number of fused-ring (bicyclic) bond motifs is 1. The van der Waals surface area contributed by atoms with E-state index < -0.39 is 0 Å². The summed E-state index contributed by atoms with van der Waals surface area (Å²) in [4.78, 5) is 4.43. The molecule has 0 bridgehead atoms. The van der Waals surface area contributed by atoms with Gasteiger partial charge in [0.05, 0.1) is 0 Å². The lowest BCUT2D eigenvalue weighted by Crippen LogP contribution is -1.97. The monoisotopic (exact) mass is 236 g/mol. The molecular formula is C12H16N2OS. The van der Waals surface area contributed by atoms with Gasteiger partial charge in [-0.3, -0.25) is 0 Å². The van der Waals surface area contributed by atoms with Gasteiger partial charge in [-0.15, -0.1) is 0 Å². The summed E-state index contributed by atoms with van der Waals surface area (Å²) in [5.41, 5.74) is 8.07. The van der Waals surface area contributed by atoms with Crippen molar-refractivity contribution in [3.05, 3.63) is 18.2 Å². The Morgan fingerprint density at radius 2 is 2.12 bits per heavy atom. The number of hydrogen-bond donors (Lipinski definition) is 1. The van der Waals surface area contributed by atoms with Gasteiger partial charge >= 0.3 is 0 Å². The van der Waals surface area contributed by atoms with E-state index in [9.17, 15) is 0 Å². The van der Waals surface area contributed by atoms with Crippen LogP contribution in [0.1, 0.15) is 26.7 Å². The fourth-order valence-corrected chi connectivity index (χ4v) is 2.48. The lowest BCUT2D eigenvalue weighted by molar-refractivity contribution is 0.487. The van der Waals surface area contributed by atoms with Crippen molar-refractivity contribution < 1.29 is 4.42 Å². The first-order valence-electron chi connectivity index (χ1n) is 5.55. The molecular weight excluding hydrogens is 220 g/mol. The number of nitrogens with zero attached hydrogens (tertiary/aromatic N) is 1. The van der Waals surface area contributed by atoms with Gasteiger partial charge in [-0.05, 0) is 31.0 Å². The van der Waals surface area contributed by atoms with E-state index in [1.807, 2.05) is 18.2 Å². The van der Waals surface area contributed by atoms with E-state index in [1.165, 1.54) is 0 Å². The number of aromatic nitrogens is 1. The van der Waals surface area contributed by atoms with Gasteiger partial charge in [-0.2, -0.15) is 0 Å². The van der Waals surface area contributed by atoms with Crippen LogP contribution in [0.25, 0.3) is 11.1 Å². The largest absolute Gasteiger partial charge is 0.431 e. The van der Waals surface area contributed by atoms with E-state index >= 15 is 0 Å². The standard InChI is InChI=1S/C12H16N2OS/c1-3-9(4-2)16-12-14-10-7-8(13)5-6-11(10)15-12/h5-7,9H,3-4,13H2,1-2H3. The topological polar surface area (TPSA) is 52.0 Å². The van der Waals surface area contributed by atoms with Crippen molar-refractivity contribution in [1.29, 1.82) is 0 Å². The molecule has 1 aromatic carbocycles. The van der Waals surface area contributed by atoms with Crippen LogP contribution in [0.3, 0.4) is 0 Å². The summed E-state index contributed by atoms with van der Waals surface area (Å²) < 4.78 is 5.65. The SMILES string of the molecule is CCC(CC)Sc1nc2cc(N)ccc2o1. The van der Waals surface area contributed by atoms with Crippen molar-refractivity contribution in [3.8, 4) is 0 Å². The number of thioether (sulfide) groups is 1. The molecule has 3 nitrogen and oxygen atoms in total. The van der Waals surface area contributed by atoms with Gasteiger partial charge in [-0.1, -0.05) is 25.6 Å². The first-order valence-corrected chi connectivity index (χ1v) is 6.43. The normalized spacial score (nSPS) is 11.4. The lowest BCUT2D eigenvalue weighted by atomic mass is 10.3. The number of rotatable bonds is 4. The summed E-state index contributed by atoms with van der Waals surface area (Å²) in [6.07, 6.45) is 2.25. The van der Waals surface area contributed by atoms with Crippen LogP contribution in [0.2, 0.25) is 0 Å². The molecule has 0 amide bonds. The minimum absolute atomic E-state index is 0.574. The van der Waals surface area contributed by atoms with Crippen LogP contribution < -0.4 is 5.73 Å². The first-order chi connectivity index (χ1) is 7.72. The third kappa shape index (κ3) is 2.32. The lowest BCUT2D eigenvalue weighted by Gasteiger charge is -2.07. The number of anilines is 1. The van der Waals surface area contributed by atoms with E-state index in [4.69, 9.17) is 10.2 Å². The Morgan fingerprint density at radius 1 is 1.38 bits per heavy atom. The van der Waals surface area contributed by atoms with Crippen molar-refractivity contribution in [2.24, 2.45) is 0 Å². The zero-order valence-electron chi connectivity index (χ0n) is 9.56. The zero-order valence-corrected chi connectivity index (χ0v) is 10.4. The summed E-state index contributed by atoms with van der Waals surface area (Å²) in [6.45, 7) is 4.36. The summed E-state index contributed by atoms with van der Waals surface area (Å²) in [5, 5.41) is 1.32. The molecule has 2 rings (SSSR count). The predicted molar refractivity (Wildman–Crippen MR) is 68.6 cm³/mol.